The van der Waals surface area contributed by atoms with Gasteiger partial charge in [0.05, 0.1) is 0 Å². The Morgan fingerprint density at radius 1 is 0.765 bits per heavy atom. The van der Waals surface area contributed by atoms with Gasteiger partial charge in [0.2, 0.25) is 6.10 Å². The van der Waals surface area contributed by atoms with Crippen molar-refractivity contribution in [3.05, 3.63) is 0 Å². The number of nitrogens with two attached hydrogens (primary N) is 2. The highest BCUT2D eigenvalue weighted by atomic mass is 19.4. The second-order valence-electron chi connectivity index (χ2n) is 3.12. The molecule has 0 bridgehead atoms. The number of hydrogen-bond donors (Lipinski definition) is 3. The Bertz CT molecular complexity index is 164. The summed E-state index contributed by atoms with van der Waals surface area (Å²) < 4.78 is 65.9. The minimum atomic E-state index is -5.63. The zero-order valence-corrected chi connectivity index (χ0v) is 8.98. The average molecular weight is 270 g/mol. The van der Waals surface area contributed by atoms with Crippen molar-refractivity contribution in [2.24, 2.45) is 11.5 Å². The minimum absolute atomic E-state index is 0.806. The van der Waals surface area contributed by atoms with Crippen LogP contribution in [-0.2, 0) is 0 Å². The molecule has 17 heavy (non-hydrogen) atoms. The van der Waals surface area contributed by atoms with Crippen LogP contribution >= 0.6 is 0 Å². The molecule has 0 aliphatic carbocycles. The van der Waals surface area contributed by atoms with Crippen molar-refractivity contribution in [2.75, 3.05) is 13.1 Å². The first-order chi connectivity index (χ1) is 7.57. The lowest BCUT2D eigenvalue weighted by molar-refractivity contribution is -0.308. The number of hydrogen-bond acceptors (Lipinski definition) is 3. The van der Waals surface area contributed by atoms with Crippen LogP contribution in [0.4, 0.5) is 26.3 Å². The van der Waals surface area contributed by atoms with E-state index in [4.69, 9.17) is 16.6 Å². The average Bonchev–Trinajstić information content (AvgIpc) is 2.16. The first kappa shape index (κ1) is 18.8. The van der Waals surface area contributed by atoms with Crippen molar-refractivity contribution in [1.82, 2.24) is 0 Å². The number of aliphatic hydroxyl groups excluding tert-OH is 1. The smallest absolute Gasteiger partial charge is 0.377 e. The van der Waals surface area contributed by atoms with Crippen molar-refractivity contribution < 1.29 is 31.4 Å². The molecular weight excluding hydrogens is 254 g/mol. The van der Waals surface area contributed by atoms with Gasteiger partial charge in [-0.15, -0.1) is 0 Å². The second kappa shape index (κ2) is 8.54. The van der Waals surface area contributed by atoms with Crippen molar-refractivity contribution >= 4 is 0 Å². The van der Waals surface area contributed by atoms with Crippen LogP contribution in [0.15, 0.2) is 0 Å². The van der Waals surface area contributed by atoms with Crippen LogP contribution in [-0.4, -0.2) is 36.7 Å². The van der Waals surface area contributed by atoms with Crippen molar-refractivity contribution in [1.29, 1.82) is 0 Å². The van der Waals surface area contributed by atoms with Crippen LogP contribution in [0.2, 0.25) is 0 Å². The maximum Gasteiger partial charge on any atom is 0.423 e. The molecule has 0 aliphatic rings. The molecule has 0 aliphatic heterocycles. The quantitative estimate of drug-likeness (QED) is 0.536. The number of rotatable bonds is 4. The van der Waals surface area contributed by atoms with Gasteiger partial charge in [-0.2, -0.15) is 26.3 Å². The monoisotopic (exact) mass is 270 g/mol. The van der Waals surface area contributed by atoms with Gasteiger partial charge in [-0.3, -0.25) is 0 Å². The lowest BCUT2D eigenvalue weighted by Crippen LogP contribution is -2.41. The van der Waals surface area contributed by atoms with Gasteiger partial charge in [-0.1, -0.05) is 6.42 Å². The van der Waals surface area contributed by atoms with Crippen LogP contribution in [0.25, 0.3) is 0 Å². The van der Waals surface area contributed by atoms with E-state index >= 15 is 0 Å². The van der Waals surface area contributed by atoms with Gasteiger partial charge >= 0.3 is 12.4 Å². The molecule has 0 radical (unpaired) electrons. The molecule has 9 heteroatoms. The Morgan fingerprint density at radius 2 is 1.06 bits per heavy atom. The number of halogens is 6. The first-order valence-electron chi connectivity index (χ1n) is 4.79. The van der Waals surface area contributed by atoms with Crippen molar-refractivity contribution in [3.8, 4) is 0 Å². The maximum atomic E-state index is 11.0. The third kappa shape index (κ3) is 11.7. The molecule has 5 N–H and O–H groups in total. The summed E-state index contributed by atoms with van der Waals surface area (Å²) in [6.07, 6.45) is -12.1. The largest absolute Gasteiger partial charge is 0.423 e. The predicted octanol–water partition coefficient (Wildman–Crippen LogP) is 1.55. The van der Waals surface area contributed by atoms with Crippen LogP contribution in [0.5, 0.6) is 0 Å². The van der Waals surface area contributed by atoms with Gasteiger partial charge in [-0.05, 0) is 25.9 Å². The maximum absolute atomic E-state index is 11.0. The summed E-state index contributed by atoms with van der Waals surface area (Å²) in [5, 5.41) is 7.47. The molecule has 0 saturated heterocycles. The van der Waals surface area contributed by atoms with E-state index in [2.05, 4.69) is 0 Å². The summed E-state index contributed by atoms with van der Waals surface area (Å²) in [6, 6.07) is 0. The standard InChI is InChI=1S/C5H14N2.C3H2F6O/c6-4-2-1-3-5-7;4-2(5,6)1(10)3(7,8)9/h1-7H2;1,10H. The molecule has 0 aromatic carbocycles. The Kier molecular flexibility index (Phi) is 9.45. The SMILES string of the molecule is NCCCCCN.OC(C(F)(F)F)C(F)(F)F. The number of unbranched alkanes of at least 4 members (excludes halogenated alkanes) is 2. The van der Waals surface area contributed by atoms with Gasteiger partial charge in [0.1, 0.15) is 0 Å². The molecule has 3 nitrogen and oxygen atoms in total. The Hall–Kier alpha value is -0.540. The molecule has 106 valence electrons. The van der Waals surface area contributed by atoms with Gasteiger partial charge in [-0.25, -0.2) is 0 Å². The van der Waals surface area contributed by atoms with E-state index in [0.717, 1.165) is 25.9 Å². The highest BCUT2D eigenvalue weighted by Crippen LogP contribution is 2.32. The minimum Gasteiger partial charge on any atom is -0.377 e. The van der Waals surface area contributed by atoms with Crippen molar-refractivity contribution in [3.63, 3.8) is 0 Å². The fraction of sp³-hybridized carbons (Fsp3) is 1.00. The molecule has 0 fully saturated rings. The molecule has 0 heterocycles. The van der Waals surface area contributed by atoms with Gasteiger partial charge in [0.25, 0.3) is 0 Å². The molecule has 0 aromatic rings. The summed E-state index contributed by atoms with van der Waals surface area (Å²) in [7, 11) is 0. The van der Waals surface area contributed by atoms with E-state index in [-0.39, 0.29) is 0 Å². The van der Waals surface area contributed by atoms with E-state index < -0.39 is 18.5 Å². The summed E-state index contributed by atoms with van der Waals surface area (Å²) in [5.74, 6) is 0. The molecule has 0 aromatic heterocycles. The third-order valence-electron chi connectivity index (χ3n) is 1.53. The summed E-state index contributed by atoms with van der Waals surface area (Å²) >= 11 is 0. The lowest BCUT2D eigenvalue weighted by Gasteiger charge is -2.16. The fourth-order valence-electron chi connectivity index (χ4n) is 0.651. The third-order valence-corrected chi connectivity index (χ3v) is 1.53. The van der Waals surface area contributed by atoms with Gasteiger partial charge in [0.15, 0.2) is 0 Å². The van der Waals surface area contributed by atoms with Gasteiger partial charge < -0.3 is 16.6 Å². The zero-order chi connectivity index (χ0) is 14.1. The Balaban J connectivity index is 0. The molecule has 0 spiro atoms. The topological polar surface area (TPSA) is 72.3 Å². The van der Waals surface area contributed by atoms with E-state index in [1.807, 2.05) is 0 Å². The molecule has 0 atom stereocenters. The lowest BCUT2D eigenvalue weighted by atomic mass is 10.2. The molecule has 0 saturated carbocycles. The fourth-order valence-corrected chi connectivity index (χ4v) is 0.651. The van der Waals surface area contributed by atoms with Crippen LogP contribution in [0.3, 0.4) is 0 Å². The normalized spacial score (nSPS) is 12.4. The Labute approximate surface area is 94.8 Å². The van der Waals surface area contributed by atoms with E-state index in [0.29, 0.717) is 0 Å². The summed E-state index contributed by atoms with van der Waals surface area (Å²) in [4.78, 5) is 0. The number of aliphatic hydroxyl groups is 1. The van der Waals surface area contributed by atoms with Crippen LogP contribution in [0.1, 0.15) is 19.3 Å². The second-order valence-corrected chi connectivity index (χ2v) is 3.12. The first-order valence-corrected chi connectivity index (χ1v) is 4.79. The molecule has 0 rings (SSSR count). The Morgan fingerprint density at radius 3 is 1.18 bits per heavy atom. The zero-order valence-electron chi connectivity index (χ0n) is 8.98. The van der Waals surface area contributed by atoms with Crippen LogP contribution in [0, 0.1) is 0 Å². The number of alkyl halides is 6. The van der Waals surface area contributed by atoms with Crippen LogP contribution < -0.4 is 11.5 Å². The van der Waals surface area contributed by atoms with Gasteiger partial charge in [0, 0.05) is 0 Å². The molecular formula is C8H16F6N2O. The summed E-state index contributed by atoms with van der Waals surface area (Å²) in [6.45, 7) is 1.61. The van der Waals surface area contributed by atoms with Crippen molar-refractivity contribution in [2.45, 2.75) is 37.7 Å². The molecule has 0 unspecified atom stereocenters. The summed E-state index contributed by atoms with van der Waals surface area (Å²) in [5.41, 5.74) is 10.5. The van der Waals surface area contributed by atoms with E-state index in [1.54, 1.807) is 0 Å². The molecule has 0 amide bonds. The van der Waals surface area contributed by atoms with E-state index in [1.165, 1.54) is 6.42 Å². The predicted molar refractivity (Wildman–Crippen MR) is 50.1 cm³/mol. The van der Waals surface area contributed by atoms with E-state index in [9.17, 15) is 26.3 Å². The highest BCUT2D eigenvalue weighted by molar-refractivity contribution is 4.72. The highest BCUT2D eigenvalue weighted by Gasteiger charge is 2.55.